The van der Waals surface area contributed by atoms with E-state index in [-0.39, 0.29) is 35.1 Å². The first-order valence-corrected chi connectivity index (χ1v) is 6.21. The number of hydrogen-bond donors (Lipinski definition) is 1. The predicted octanol–water partition coefficient (Wildman–Crippen LogP) is 2.79. The molecule has 0 spiro atoms. The molecule has 1 amide bonds. The van der Waals surface area contributed by atoms with Crippen LogP contribution in [-0.4, -0.2) is 28.7 Å². The number of halogens is 4. The van der Waals surface area contributed by atoms with Crippen LogP contribution < -0.4 is 9.64 Å². The highest BCUT2D eigenvalue weighted by Crippen LogP contribution is 2.36. The second-order valence-corrected chi connectivity index (χ2v) is 5.30. The number of phenolic OH excluding ortho intramolecular Hbond substituents is 1. The van der Waals surface area contributed by atoms with Crippen LogP contribution in [0.3, 0.4) is 0 Å². The SMILES string of the molecule is O=C1CC(Br)CN1c1cc(OC(F)(F)F)ccc1O. The van der Waals surface area contributed by atoms with Crippen LogP contribution >= 0.6 is 15.9 Å². The van der Waals surface area contributed by atoms with Gasteiger partial charge in [0.05, 0.1) is 5.69 Å². The number of rotatable bonds is 2. The third-order valence-corrected chi connectivity index (χ3v) is 3.16. The first-order chi connectivity index (χ1) is 8.76. The number of benzene rings is 1. The summed E-state index contributed by atoms with van der Waals surface area (Å²) in [6.07, 6.45) is -4.59. The van der Waals surface area contributed by atoms with Crippen molar-refractivity contribution < 1.29 is 27.8 Å². The van der Waals surface area contributed by atoms with Gasteiger partial charge in [-0.2, -0.15) is 0 Å². The van der Waals surface area contributed by atoms with Gasteiger partial charge in [0.2, 0.25) is 5.91 Å². The van der Waals surface area contributed by atoms with Crippen LogP contribution in [0.5, 0.6) is 11.5 Å². The molecule has 0 aliphatic carbocycles. The minimum absolute atomic E-state index is 0.00806. The molecule has 1 unspecified atom stereocenters. The molecule has 0 bridgehead atoms. The summed E-state index contributed by atoms with van der Waals surface area (Å²) >= 11 is 3.25. The van der Waals surface area contributed by atoms with Crippen molar-refractivity contribution in [2.75, 3.05) is 11.4 Å². The summed E-state index contributed by atoms with van der Waals surface area (Å²) in [6.45, 7) is 0.280. The van der Waals surface area contributed by atoms with E-state index in [0.717, 1.165) is 18.2 Å². The van der Waals surface area contributed by atoms with E-state index in [2.05, 4.69) is 20.7 Å². The zero-order chi connectivity index (χ0) is 14.2. The molecule has 1 heterocycles. The van der Waals surface area contributed by atoms with Crippen LogP contribution in [0, 0.1) is 0 Å². The third-order valence-electron chi connectivity index (χ3n) is 2.55. The van der Waals surface area contributed by atoms with Gasteiger partial charge < -0.3 is 14.7 Å². The number of carbonyl (C=O) groups excluding carboxylic acids is 1. The van der Waals surface area contributed by atoms with Crippen LogP contribution in [0.15, 0.2) is 18.2 Å². The van der Waals surface area contributed by atoms with Crippen LogP contribution in [0.4, 0.5) is 18.9 Å². The van der Waals surface area contributed by atoms with E-state index in [1.165, 1.54) is 4.90 Å². The number of amides is 1. The van der Waals surface area contributed by atoms with Gasteiger partial charge in [-0.3, -0.25) is 4.79 Å². The molecule has 1 aliphatic heterocycles. The Bertz CT molecular complexity index is 506. The van der Waals surface area contributed by atoms with E-state index in [0.29, 0.717) is 0 Å². The minimum atomic E-state index is -4.82. The quantitative estimate of drug-likeness (QED) is 0.843. The van der Waals surface area contributed by atoms with E-state index in [1.807, 2.05) is 0 Å². The van der Waals surface area contributed by atoms with E-state index >= 15 is 0 Å². The zero-order valence-corrected chi connectivity index (χ0v) is 11.0. The fourth-order valence-corrected chi connectivity index (χ4v) is 2.38. The van der Waals surface area contributed by atoms with Crippen molar-refractivity contribution in [2.45, 2.75) is 17.6 Å². The lowest BCUT2D eigenvalue weighted by Crippen LogP contribution is -2.25. The summed E-state index contributed by atoms with van der Waals surface area (Å²) in [5.74, 6) is -1.03. The lowest BCUT2D eigenvalue weighted by molar-refractivity contribution is -0.274. The summed E-state index contributed by atoms with van der Waals surface area (Å²) in [6, 6.07) is 3.04. The third kappa shape index (κ3) is 3.31. The Kier molecular flexibility index (Phi) is 3.62. The number of alkyl halides is 4. The smallest absolute Gasteiger partial charge is 0.506 e. The predicted molar refractivity (Wildman–Crippen MR) is 64.5 cm³/mol. The Morgan fingerprint density at radius 1 is 1.42 bits per heavy atom. The van der Waals surface area contributed by atoms with Crippen molar-refractivity contribution in [3.63, 3.8) is 0 Å². The highest BCUT2D eigenvalue weighted by Gasteiger charge is 2.33. The van der Waals surface area contributed by atoms with Crippen molar-refractivity contribution in [2.24, 2.45) is 0 Å². The highest BCUT2D eigenvalue weighted by molar-refractivity contribution is 9.09. The molecular formula is C11H9BrF3NO3. The van der Waals surface area contributed by atoms with Gasteiger partial charge in [0.25, 0.3) is 0 Å². The number of carbonyl (C=O) groups is 1. The van der Waals surface area contributed by atoms with Crippen molar-refractivity contribution in [1.82, 2.24) is 0 Å². The molecule has 1 fully saturated rings. The largest absolute Gasteiger partial charge is 0.573 e. The molecule has 8 heteroatoms. The number of hydrogen-bond acceptors (Lipinski definition) is 3. The molecule has 1 aliphatic rings. The van der Waals surface area contributed by atoms with Crippen LogP contribution in [-0.2, 0) is 4.79 Å². The van der Waals surface area contributed by atoms with Gasteiger partial charge in [-0.05, 0) is 12.1 Å². The molecule has 2 rings (SSSR count). The van der Waals surface area contributed by atoms with Gasteiger partial charge in [0.1, 0.15) is 11.5 Å². The summed E-state index contributed by atoms with van der Waals surface area (Å²) in [5, 5.41) is 9.65. The molecule has 19 heavy (non-hydrogen) atoms. The monoisotopic (exact) mass is 339 g/mol. The lowest BCUT2D eigenvalue weighted by atomic mass is 10.2. The van der Waals surface area contributed by atoms with E-state index < -0.39 is 12.1 Å². The Morgan fingerprint density at radius 3 is 2.63 bits per heavy atom. The topological polar surface area (TPSA) is 49.8 Å². The zero-order valence-electron chi connectivity index (χ0n) is 9.45. The maximum absolute atomic E-state index is 12.1. The second-order valence-electron chi connectivity index (χ2n) is 4.00. The Labute approximate surface area is 114 Å². The molecule has 1 aromatic rings. The van der Waals surface area contributed by atoms with Crippen molar-refractivity contribution in [3.8, 4) is 11.5 Å². The fraction of sp³-hybridized carbons (Fsp3) is 0.364. The maximum Gasteiger partial charge on any atom is 0.573 e. The summed E-state index contributed by atoms with van der Waals surface area (Å²) < 4.78 is 40.1. The average Bonchev–Trinajstić information content (AvgIpc) is 2.58. The minimum Gasteiger partial charge on any atom is -0.506 e. The van der Waals surface area contributed by atoms with Gasteiger partial charge in [-0.25, -0.2) is 0 Å². The van der Waals surface area contributed by atoms with Crippen LogP contribution in [0.2, 0.25) is 0 Å². The molecule has 1 atom stereocenters. The summed E-state index contributed by atoms with van der Waals surface area (Å²) in [7, 11) is 0. The Balaban J connectivity index is 2.30. The van der Waals surface area contributed by atoms with Crippen molar-refractivity contribution in [3.05, 3.63) is 18.2 Å². The van der Waals surface area contributed by atoms with E-state index in [1.54, 1.807) is 0 Å². The van der Waals surface area contributed by atoms with Gasteiger partial charge in [-0.15, -0.1) is 13.2 Å². The molecule has 0 aromatic heterocycles. The number of aromatic hydroxyl groups is 1. The van der Waals surface area contributed by atoms with Crippen molar-refractivity contribution in [1.29, 1.82) is 0 Å². The molecule has 1 saturated heterocycles. The van der Waals surface area contributed by atoms with E-state index in [4.69, 9.17) is 0 Å². The molecular weight excluding hydrogens is 331 g/mol. The van der Waals surface area contributed by atoms with Gasteiger partial charge in [0, 0.05) is 23.9 Å². The summed E-state index contributed by atoms with van der Waals surface area (Å²) in [4.78, 5) is 12.8. The van der Waals surface area contributed by atoms with Gasteiger partial charge in [0.15, 0.2) is 0 Å². The first kappa shape index (κ1) is 14.0. The lowest BCUT2D eigenvalue weighted by Gasteiger charge is -2.18. The van der Waals surface area contributed by atoms with Crippen LogP contribution in [0.25, 0.3) is 0 Å². The highest BCUT2D eigenvalue weighted by atomic mass is 79.9. The van der Waals surface area contributed by atoms with E-state index in [9.17, 15) is 23.1 Å². The molecule has 4 nitrogen and oxygen atoms in total. The summed E-state index contributed by atoms with van der Waals surface area (Å²) in [5.41, 5.74) is 0.00806. The number of phenols is 1. The Morgan fingerprint density at radius 2 is 2.11 bits per heavy atom. The maximum atomic E-state index is 12.1. The van der Waals surface area contributed by atoms with Crippen molar-refractivity contribution >= 4 is 27.5 Å². The molecule has 1 aromatic carbocycles. The first-order valence-electron chi connectivity index (χ1n) is 5.29. The van der Waals surface area contributed by atoms with Gasteiger partial charge in [-0.1, -0.05) is 15.9 Å². The fourth-order valence-electron chi connectivity index (χ4n) is 1.81. The number of anilines is 1. The molecule has 0 saturated carbocycles. The number of nitrogens with zero attached hydrogens (tertiary/aromatic N) is 1. The molecule has 1 N–H and O–H groups in total. The molecule has 0 radical (unpaired) electrons. The normalized spacial score (nSPS) is 19.9. The standard InChI is InChI=1S/C11H9BrF3NO3/c12-6-3-10(18)16(5-6)8-4-7(1-2-9(8)17)19-11(13,14)15/h1-2,4,6,17H,3,5H2. The second kappa shape index (κ2) is 4.92. The van der Waals surface area contributed by atoms with Crippen LogP contribution in [0.1, 0.15) is 6.42 Å². The number of ether oxygens (including phenoxy) is 1. The Hall–Kier alpha value is -1.44. The van der Waals surface area contributed by atoms with Gasteiger partial charge >= 0.3 is 6.36 Å². The average molecular weight is 340 g/mol. The molecule has 104 valence electrons.